The molecular formula is C40H36Si. The van der Waals surface area contributed by atoms with Gasteiger partial charge in [-0.3, -0.25) is 0 Å². The van der Waals surface area contributed by atoms with Crippen LogP contribution in [0.3, 0.4) is 0 Å². The summed E-state index contributed by atoms with van der Waals surface area (Å²) < 4.78 is 0. The van der Waals surface area contributed by atoms with E-state index in [1.54, 1.807) is 0 Å². The molecule has 41 heavy (non-hydrogen) atoms. The summed E-state index contributed by atoms with van der Waals surface area (Å²) in [5.41, 5.74) is 11.6. The van der Waals surface area contributed by atoms with Gasteiger partial charge < -0.3 is 0 Å². The molecule has 0 unspecified atom stereocenters. The first-order valence-electron chi connectivity index (χ1n) is 14.9. The van der Waals surface area contributed by atoms with Crippen molar-refractivity contribution in [3.8, 4) is 44.5 Å². The molecule has 0 aromatic heterocycles. The van der Waals surface area contributed by atoms with Crippen LogP contribution in [0.25, 0.3) is 55.3 Å². The van der Waals surface area contributed by atoms with E-state index >= 15 is 0 Å². The third-order valence-electron chi connectivity index (χ3n) is 8.65. The van der Waals surface area contributed by atoms with E-state index in [1.165, 1.54) is 78.9 Å². The molecule has 1 heteroatoms. The van der Waals surface area contributed by atoms with Crippen molar-refractivity contribution in [2.45, 2.75) is 38.4 Å². The van der Waals surface area contributed by atoms with E-state index in [0.29, 0.717) is 0 Å². The maximum atomic E-state index is 2.40. The van der Waals surface area contributed by atoms with Crippen LogP contribution < -0.4 is 5.19 Å². The third-order valence-corrected chi connectivity index (χ3v) is 10.7. The topological polar surface area (TPSA) is 0 Å². The van der Waals surface area contributed by atoms with Crippen LogP contribution >= 0.6 is 0 Å². The minimum Gasteiger partial charge on any atom is -0.0656 e. The zero-order valence-electron chi connectivity index (χ0n) is 24.2. The lowest BCUT2D eigenvalue weighted by molar-refractivity contribution is 1.13. The molecule has 1 saturated carbocycles. The van der Waals surface area contributed by atoms with Gasteiger partial charge in [0.05, 0.1) is 8.07 Å². The van der Waals surface area contributed by atoms with Crippen molar-refractivity contribution >= 4 is 24.0 Å². The SMILES string of the molecule is C[Si](C)(C)c1ccc(-c2ccc(-c3ccc4cc(-c5ccc(-c6ccc(C7CC7)cc6)cc5)ccc4c3)cc2)cc1. The summed E-state index contributed by atoms with van der Waals surface area (Å²) in [7, 11) is -1.27. The second-order valence-corrected chi connectivity index (χ2v) is 17.7. The van der Waals surface area contributed by atoms with Crippen LogP contribution in [0.4, 0.5) is 0 Å². The number of fused-ring (bicyclic) bond motifs is 1. The molecule has 200 valence electrons. The first kappa shape index (κ1) is 25.7. The lowest BCUT2D eigenvalue weighted by Gasteiger charge is -2.16. The fourth-order valence-corrected chi connectivity index (χ4v) is 7.01. The van der Waals surface area contributed by atoms with E-state index < -0.39 is 8.07 Å². The molecule has 6 aromatic carbocycles. The molecule has 0 N–H and O–H groups in total. The van der Waals surface area contributed by atoms with Gasteiger partial charge in [0.25, 0.3) is 0 Å². The largest absolute Gasteiger partial charge is 0.0775 e. The second-order valence-electron chi connectivity index (χ2n) is 12.7. The molecule has 7 rings (SSSR count). The lowest BCUT2D eigenvalue weighted by Crippen LogP contribution is -2.37. The van der Waals surface area contributed by atoms with Crippen LogP contribution in [0, 0.1) is 0 Å². The van der Waals surface area contributed by atoms with E-state index in [-0.39, 0.29) is 0 Å². The predicted octanol–water partition coefficient (Wildman–Crippen LogP) is 10.9. The molecule has 0 spiro atoms. The van der Waals surface area contributed by atoms with Crippen molar-refractivity contribution in [2.24, 2.45) is 0 Å². The highest BCUT2D eigenvalue weighted by Crippen LogP contribution is 2.40. The summed E-state index contributed by atoms with van der Waals surface area (Å²) in [6.45, 7) is 7.19. The van der Waals surface area contributed by atoms with E-state index in [0.717, 1.165) is 5.92 Å². The maximum absolute atomic E-state index is 2.40. The van der Waals surface area contributed by atoms with Gasteiger partial charge in [0.15, 0.2) is 0 Å². The number of hydrogen-bond donors (Lipinski definition) is 0. The molecule has 0 nitrogen and oxygen atoms in total. The van der Waals surface area contributed by atoms with Crippen LogP contribution in [0.2, 0.25) is 19.6 Å². The third kappa shape index (κ3) is 5.43. The lowest BCUT2D eigenvalue weighted by atomic mass is 9.95. The van der Waals surface area contributed by atoms with Gasteiger partial charge in [-0.25, -0.2) is 0 Å². The summed E-state index contributed by atoms with van der Waals surface area (Å²) in [6, 6.07) is 50.0. The first-order valence-corrected chi connectivity index (χ1v) is 18.4. The number of benzene rings is 6. The van der Waals surface area contributed by atoms with Crippen molar-refractivity contribution in [3.63, 3.8) is 0 Å². The van der Waals surface area contributed by atoms with Crippen molar-refractivity contribution in [1.29, 1.82) is 0 Å². The van der Waals surface area contributed by atoms with E-state index in [4.69, 9.17) is 0 Å². The fourth-order valence-electron chi connectivity index (χ4n) is 5.84. The average molecular weight is 545 g/mol. The molecule has 1 fully saturated rings. The van der Waals surface area contributed by atoms with Gasteiger partial charge in [0.2, 0.25) is 0 Å². The molecule has 0 heterocycles. The van der Waals surface area contributed by atoms with Crippen LogP contribution in [0.1, 0.15) is 24.3 Å². The summed E-state index contributed by atoms with van der Waals surface area (Å²) >= 11 is 0. The molecule has 1 aliphatic carbocycles. The Kier molecular flexibility index (Phi) is 6.48. The van der Waals surface area contributed by atoms with Crippen molar-refractivity contribution in [3.05, 3.63) is 139 Å². The molecular weight excluding hydrogens is 509 g/mol. The van der Waals surface area contributed by atoms with Crippen LogP contribution in [-0.2, 0) is 0 Å². The van der Waals surface area contributed by atoms with Crippen molar-refractivity contribution < 1.29 is 0 Å². The standard InChI is InChI=1S/C40H36Si/c1-41(2,3)40-24-22-33(23-25-40)32-12-16-35(17-13-32)37-19-21-38-26-36(18-20-39(38)27-37)34-14-10-31(11-15-34)30-8-6-29(7-9-30)28-4-5-28/h6-28H,4-5H2,1-3H3. The number of hydrogen-bond acceptors (Lipinski definition) is 0. The zero-order chi connectivity index (χ0) is 28.0. The Hall–Kier alpha value is -4.20. The predicted molar refractivity (Wildman–Crippen MR) is 181 cm³/mol. The first-order chi connectivity index (χ1) is 19.9. The van der Waals surface area contributed by atoms with Gasteiger partial charge in [-0.1, -0.05) is 146 Å². The zero-order valence-corrected chi connectivity index (χ0v) is 25.2. The monoisotopic (exact) mass is 544 g/mol. The Bertz CT molecular complexity index is 1820. The van der Waals surface area contributed by atoms with Crippen molar-refractivity contribution in [2.75, 3.05) is 0 Å². The van der Waals surface area contributed by atoms with Gasteiger partial charge in [-0.15, -0.1) is 0 Å². The summed E-state index contributed by atoms with van der Waals surface area (Å²) in [6.07, 6.45) is 2.70. The van der Waals surface area contributed by atoms with Crippen LogP contribution in [0.5, 0.6) is 0 Å². The Morgan fingerprint density at radius 3 is 1.07 bits per heavy atom. The average Bonchev–Trinajstić information content (AvgIpc) is 3.86. The summed E-state index contributed by atoms with van der Waals surface area (Å²) in [5, 5.41) is 4.04. The van der Waals surface area contributed by atoms with E-state index in [9.17, 15) is 0 Å². The number of rotatable bonds is 6. The molecule has 6 aromatic rings. The highest BCUT2D eigenvalue weighted by Gasteiger charge is 2.23. The Labute approximate surface area is 245 Å². The summed E-state index contributed by atoms with van der Waals surface area (Å²) in [5.74, 6) is 0.805. The smallest absolute Gasteiger partial charge is 0.0656 e. The van der Waals surface area contributed by atoms with Crippen LogP contribution in [-0.4, -0.2) is 8.07 Å². The van der Waals surface area contributed by atoms with Gasteiger partial charge in [-0.05, 0) is 91.7 Å². The van der Waals surface area contributed by atoms with E-state index in [1.807, 2.05) is 0 Å². The Morgan fingerprint density at radius 1 is 0.390 bits per heavy atom. The molecule has 1 aliphatic rings. The molecule has 0 radical (unpaired) electrons. The van der Waals surface area contributed by atoms with Gasteiger partial charge in [0, 0.05) is 0 Å². The summed E-state index contributed by atoms with van der Waals surface area (Å²) in [4.78, 5) is 0. The highest BCUT2D eigenvalue weighted by atomic mass is 28.3. The second kappa shape index (κ2) is 10.3. The molecule has 0 bridgehead atoms. The normalized spacial score (nSPS) is 13.4. The van der Waals surface area contributed by atoms with E-state index in [2.05, 4.69) is 153 Å². The van der Waals surface area contributed by atoms with Gasteiger partial charge in [-0.2, -0.15) is 0 Å². The molecule has 0 amide bonds. The quantitative estimate of drug-likeness (QED) is 0.183. The minimum atomic E-state index is -1.27. The van der Waals surface area contributed by atoms with Gasteiger partial charge in [0.1, 0.15) is 0 Å². The Morgan fingerprint density at radius 2 is 0.707 bits per heavy atom. The maximum Gasteiger partial charge on any atom is 0.0775 e. The molecule has 0 atom stereocenters. The molecule has 0 aliphatic heterocycles. The van der Waals surface area contributed by atoms with Gasteiger partial charge >= 0.3 is 0 Å². The van der Waals surface area contributed by atoms with Crippen LogP contribution in [0.15, 0.2) is 133 Å². The molecule has 0 saturated heterocycles. The van der Waals surface area contributed by atoms with Crippen molar-refractivity contribution in [1.82, 2.24) is 0 Å². The fraction of sp³-hybridized carbons (Fsp3) is 0.150. The Balaban J connectivity index is 1.09. The highest BCUT2D eigenvalue weighted by molar-refractivity contribution is 6.88. The minimum absolute atomic E-state index is 0.805.